The molecule has 0 saturated heterocycles. The van der Waals surface area contributed by atoms with Crippen molar-refractivity contribution in [2.24, 2.45) is 5.92 Å². The van der Waals surface area contributed by atoms with Crippen molar-refractivity contribution in [3.63, 3.8) is 0 Å². The van der Waals surface area contributed by atoms with Crippen LogP contribution < -0.4 is 9.74 Å². The van der Waals surface area contributed by atoms with Crippen molar-refractivity contribution in [1.29, 1.82) is 0 Å². The molecule has 8 heteroatoms. The Morgan fingerprint density at radius 2 is 1.84 bits per heavy atom. The van der Waals surface area contributed by atoms with Crippen LogP contribution in [0.1, 0.15) is 42.7 Å². The van der Waals surface area contributed by atoms with E-state index in [9.17, 15) is 9.90 Å². The lowest BCUT2D eigenvalue weighted by atomic mass is 9.70. The molecule has 3 atom stereocenters. The highest BCUT2D eigenvalue weighted by atomic mass is 16.7. The van der Waals surface area contributed by atoms with Crippen LogP contribution in [0.15, 0.2) is 60.7 Å². The summed E-state index contributed by atoms with van der Waals surface area (Å²) in [7, 11) is 1.49. The number of benzene rings is 2. The van der Waals surface area contributed by atoms with Crippen LogP contribution in [0.3, 0.4) is 0 Å². The molecule has 1 aromatic heterocycles. The van der Waals surface area contributed by atoms with Crippen LogP contribution in [0.4, 0.5) is 5.95 Å². The summed E-state index contributed by atoms with van der Waals surface area (Å²) in [5, 5.41) is 22.2. The van der Waals surface area contributed by atoms with Gasteiger partial charge in [-0.1, -0.05) is 77.3 Å². The normalized spacial score (nSPS) is 20.9. The molecule has 0 bridgehead atoms. The molecule has 1 heterocycles. The van der Waals surface area contributed by atoms with Gasteiger partial charge in [0, 0.05) is 29.9 Å². The van der Waals surface area contributed by atoms with Crippen molar-refractivity contribution in [1.82, 2.24) is 20.4 Å². The Labute approximate surface area is 181 Å². The molecule has 0 radical (unpaired) electrons. The molecule has 0 unspecified atom stereocenters. The minimum atomic E-state index is -0.760. The highest BCUT2D eigenvalue weighted by Gasteiger charge is 2.40. The third kappa shape index (κ3) is 4.84. The number of aromatic nitrogens is 4. The monoisotopic (exact) mass is 421 g/mol. The summed E-state index contributed by atoms with van der Waals surface area (Å²) in [4.78, 5) is 20.0. The molecule has 31 heavy (non-hydrogen) atoms. The van der Waals surface area contributed by atoms with Crippen molar-refractivity contribution >= 4 is 11.9 Å². The van der Waals surface area contributed by atoms with E-state index in [0.717, 1.165) is 35.3 Å². The Balaban J connectivity index is 1.75. The highest BCUT2D eigenvalue weighted by molar-refractivity contribution is 5.67. The summed E-state index contributed by atoms with van der Waals surface area (Å²) < 4.78 is 0. The minimum absolute atomic E-state index is 0.0365. The molecule has 3 aromatic rings. The standard InChI is InChI=1S/C23H27N5O3/c1-31-28-25-23(24-26-28)27(16-17-9-4-2-5-10-17)20-14-8-13-19(15-21(29)30)22(20)18-11-6-3-7-12-18/h2-7,9-12,19-20,22H,8,13-16H2,1H3,(H,29,30)/t19-,20-,22+/m0/s1. The summed E-state index contributed by atoms with van der Waals surface area (Å²) in [6.45, 7) is 0.601. The number of rotatable bonds is 8. The predicted molar refractivity (Wildman–Crippen MR) is 116 cm³/mol. The largest absolute Gasteiger partial charge is 0.481 e. The first kappa shape index (κ1) is 20.8. The molecule has 4 rings (SSSR count). The SMILES string of the molecule is COn1nnc(N(Cc2ccccc2)[C@H]2CCC[C@@H](CC(=O)O)[C@H]2c2ccccc2)n1. The second kappa shape index (κ2) is 9.59. The zero-order chi connectivity index (χ0) is 21.6. The Morgan fingerprint density at radius 3 is 2.48 bits per heavy atom. The molecule has 1 aliphatic rings. The van der Waals surface area contributed by atoms with Crippen LogP contribution in [0.5, 0.6) is 0 Å². The van der Waals surface area contributed by atoms with Gasteiger partial charge in [0.05, 0.1) is 0 Å². The summed E-state index contributed by atoms with van der Waals surface area (Å²) in [5.41, 5.74) is 2.28. The van der Waals surface area contributed by atoms with Gasteiger partial charge in [-0.25, -0.2) is 0 Å². The maximum Gasteiger partial charge on any atom is 0.303 e. The van der Waals surface area contributed by atoms with Gasteiger partial charge in [0.15, 0.2) is 0 Å². The third-order valence-corrected chi connectivity index (χ3v) is 6.02. The van der Waals surface area contributed by atoms with Crippen LogP contribution in [-0.2, 0) is 11.3 Å². The number of hydrogen-bond acceptors (Lipinski definition) is 6. The van der Waals surface area contributed by atoms with Crippen molar-refractivity contribution in [2.45, 2.75) is 44.2 Å². The summed E-state index contributed by atoms with van der Waals surface area (Å²) in [5.74, 6) is -0.198. The van der Waals surface area contributed by atoms with E-state index in [2.05, 4.69) is 44.6 Å². The number of carbonyl (C=O) groups is 1. The fourth-order valence-electron chi connectivity index (χ4n) is 4.74. The van der Waals surface area contributed by atoms with Gasteiger partial charge in [0.2, 0.25) is 0 Å². The van der Waals surface area contributed by atoms with Gasteiger partial charge in [-0.15, -0.1) is 0 Å². The average molecular weight is 422 g/mol. The van der Waals surface area contributed by atoms with E-state index in [1.807, 2.05) is 36.4 Å². The molecule has 8 nitrogen and oxygen atoms in total. The first-order valence-electron chi connectivity index (χ1n) is 10.6. The van der Waals surface area contributed by atoms with Crippen molar-refractivity contribution in [3.05, 3.63) is 71.8 Å². The highest BCUT2D eigenvalue weighted by Crippen LogP contribution is 2.43. The maximum absolute atomic E-state index is 11.7. The van der Waals surface area contributed by atoms with Crippen LogP contribution in [0.25, 0.3) is 0 Å². The lowest BCUT2D eigenvalue weighted by Crippen LogP contribution is -2.45. The molecule has 0 spiro atoms. The topological polar surface area (TPSA) is 93.4 Å². The quantitative estimate of drug-likeness (QED) is 0.597. The van der Waals surface area contributed by atoms with Gasteiger partial charge in [0.25, 0.3) is 5.95 Å². The van der Waals surface area contributed by atoms with Crippen LogP contribution in [0, 0.1) is 5.92 Å². The summed E-state index contributed by atoms with van der Waals surface area (Å²) in [6.07, 6.45) is 2.91. The van der Waals surface area contributed by atoms with E-state index in [1.165, 1.54) is 7.11 Å². The Hall–Kier alpha value is -3.42. The lowest BCUT2D eigenvalue weighted by molar-refractivity contribution is -0.138. The third-order valence-electron chi connectivity index (χ3n) is 6.02. The van der Waals surface area contributed by atoms with Gasteiger partial charge in [-0.2, -0.15) is 0 Å². The Kier molecular flexibility index (Phi) is 6.45. The second-order valence-electron chi connectivity index (χ2n) is 7.93. The first-order valence-corrected chi connectivity index (χ1v) is 10.6. The fraction of sp³-hybridized carbons (Fsp3) is 0.391. The maximum atomic E-state index is 11.7. The molecule has 0 amide bonds. The number of hydrogen-bond donors (Lipinski definition) is 1. The van der Waals surface area contributed by atoms with Gasteiger partial charge in [-0.05, 0) is 35.1 Å². The number of nitrogens with zero attached hydrogens (tertiary/aromatic N) is 5. The predicted octanol–water partition coefficient (Wildman–Crippen LogP) is 3.17. The van der Waals surface area contributed by atoms with E-state index in [0.29, 0.717) is 12.5 Å². The number of carboxylic acids is 1. The fourth-order valence-corrected chi connectivity index (χ4v) is 4.74. The Bertz CT molecular complexity index is 979. The van der Waals surface area contributed by atoms with Gasteiger partial charge < -0.3 is 14.8 Å². The molecule has 1 N–H and O–H groups in total. The van der Waals surface area contributed by atoms with Crippen molar-refractivity contribution < 1.29 is 14.7 Å². The van der Waals surface area contributed by atoms with E-state index in [-0.39, 0.29) is 24.3 Å². The van der Waals surface area contributed by atoms with Crippen LogP contribution in [-0.4, -0.2) is 44.6 Å². The van der Waals surface area contributed by atoms with E-state index >= 15 is 0 Å². The molecule has 1 fully saturated rings. The zero-order valence-electron chi connectivity index (χ0n) is 17.5. The van der Waals surface area contributed by atoms with Gasteiger partial charge in [0.1, 0.15) is 7.11 Å². The Morgan fingerprint density at radius 1 is 1.13 bits per heavy atom. The number of anilines is 1. The van der Waals surface area contributed by atoms with E-state index in [4.69, 9.17) is 4.84 Å². The minimum Gasteiger partial charge on any atom is -0.481 e. The zero-order valence-corrected chi connectivity index (χ0v) is 17.5. The van der Waals surface area contributed by atoms with E-state index in [1.54, 1.807) is 0 Å². The molecular formula is C23H27N5O3. The molecule has 162 valence electrons. The molecule has 0 aliphatic heterocycles. The van der Waals surface area contributed by atoms with Crippen LogP contribution >= 0.6 is 0 Å². The van der Waals surface area contributed by atoms with Gasteiger partial charge in [-0.3, -0.25) is 4.79 Å². The first-order chi connectivity index (χ1) is 15.2. The van der Waals surface area contributed by atoms with Crippen molar-refractivity contribution in [3.8, 4) is 0 Å². The van der Waals surface area contributed by atoms with Crippen molar-refractivity contribution in [2.75, 3.05) is 12.0 Å². The molecule has 2 aromatic carbocycles. The number of tetrazole rings is 1. The van der Waals surface area contributed by atoms with Gasteiger partial charge >= 0.3 is 5.97 Å². The molecular weight excluding hydrogens is 394 g/mol. The lowest BCUT2D eigenvalue weighted by Gasteiger charge is -2.43. The smallest absolute Gasteiger partial charge is 0.303 e. The van der Waals surface area contributed by atoms with Crippen LogP contribution in [0.2, 0.25) is 0 Å². The average Bonchev–Trinajstić information content (AvgIpc) is 3.27. The number of aliphatic carboxylic acids is 1. The summed E-state index contributed by atoms with van der Waals surface area (Å²) in [6, 6.07) is 20.4. The summed E-state index contributed by atoms with van der Waals surface area (Å²) >= 11 is 0. The molecule has 1 saturated carbocycles. The second-order valence-corrected chi connectivity index (χ2v) is 7.93. The van der Waals surface area contributed by atoms with E-state index < -0.39 is 5.97 Å². The molecule has 1 aliphatic carbocycles. The number of carboxylic acid groups (broad SMARTS) is 1.